The summed E-state index contributed by atoms with van der Waals surface area (Å²) in [5, 5.41) is 3.17. The lowest BCUT2D eigenvalue weighted by Crippen LogP contribution is -2.25. The van der Waals surface area contributed by atoms with E-state index in [2.05, 4.69) is 15.3 Å². The number of hydrogen-bond acceptors (Lipinski definition) is 6. The Kier molecular flexibility index (Phi) is 4.84. The summed E-state index contributed by atoms with van der Waals surface area (Å²) in [6.07, 6.45) is 0.915. The fourth-order valence-electron chi connectivity index (χ4n) is 0.972. The van der Waals surface area contributed by atoms with Crippen molar-refractivity contribution in [2.45, 2.75) is 18.5 Å². The molecule has 5 N–H and O–H groups in total. The first kappa shape index (κ1) is 12.6. The molecule has 0 unspecified atom stereocenters. The van der Waals surface area contributed by atoms with Gasteiger partial charge >= 0.3 is 0 Å². The van der Waals surface area contributed by atoms with E-state index in [0.29, 0.717) is 23.3 Å². The van der Waals surface area contributed by atoms with Crippen molar-refractivity contribution in [3.8, 4) is 0 Å². The second-order valence-electron chi connectivity index (χ2n) is 3.14. The van der Waals surface area contributed by atoms with Crippen molar-refractivity contribution in [3.63, 3.8) is 0 Å². The van der Waals surface area contributed by atoms with Crippen molar-refractivity contribution in [1.82, 2.24) is 15.3 Å². The first-order valence-corrected chi connectivity index (χ1v) is 5.90. The number of carbonyl (C=O) groups is 1. The van der Waals surface area contributed by atoms with Gasteiger partial charge in [-0.3, -0.25) is 4.79 Å². The van der Waals surface area contributed by atoms with Crippen LogP contribution in [0.4, 0.5) is 11.6 Å². The number of thioether (sulfide) groups is 1. The molecule has 0 saturated heterocycles. The minimum atomic E-state index is -0.0450. The summed E-state index contributed by atoms with van der Waals surface area (Å²) in [4.78, 5) is 19.2. The van der Waals surface area contributed by atoms with Crippen LogP contribution in [0.15, 0.2) is 11.2 Å². The van der Waals surface area contributed by atoms with Gasteiger partial charge in [0.2, 0.25) is 5.91 Å². The fourth-order valence-corrected chi connectivity index (χ4v) is 1.67. The molecule has 0 atom stereocenters. The number of carbonyl (C=O) groups excluding carboxylic acids is 1. The van der Waals surface area contributed by atoms with Crippen LogP contribution in [0.2, 0.25) is 0 Å². The highest BCUT2D eigenvalue weighted by atomic mass is 32.2. The van der Waals surface area contributed by atoms with Crippen LogP contribution in [-0.2, 0) is 4.79 Å². The number of anilines is 2. The Morgan fingerprint density at radius 1 is 1.44 bits per heavy atom. The molecule has 0 aliphatic rings. The third-order valence-electron chi connectivity index (χ3n) is 1.65. The molecule has 0 radical (unpaired) electrons. The molecule has 1 amide bonds. The number of nitrogens with one attached hydrogen (secondary N) is 1. The van der Waals surface area contributed by atoms with Crippen LogP contribution in [-0.4, -0.2) is 28.2 Å². The maximum atomic E-state index is 11.3. The quantitative estimate of drug-likeness (QED) is 0.504. The maximum absolute atomic E-state index is 11.3. The molecule has 0 fully saturated rings. The molecule has 88 valence electrons. The van der Waals surface area contributed by atoms with Crippen LogP contribution in [0.5, 0.6) is 0 Å². The summed E-state index contributed by atoms with van der Waals surface area (Å²) in [5.74, 6) is 0.840. The van der Waals surface area contributed by atoms with Crippen molar-refractivity contribution >= 4 is 29.3 Å². The molecule has 1 aromatic heterocycles. The van der Waals surface area contributed by atoms with Gasteiger partial charge < -0.3 is 16.8 Å². The zero-order chi connectivity index (χ0) is 12.0. The Hall–Kier alpha value is -1.50. The highest BCUT2D eigenvalue weighted by Crippen LogP contribution is 2.15. The van der Waals surface area contributed by atoms with Gasteiger partial charge in [0, 0.05) is 12.6 Å². The predicted octanol–water partition coefficient (Wildman–Crippen LogP) is 0.259. The van der Waals surface area contributed by atoms with Crippen LogP contribution in [0.3, 0.4) is 0 Å². The van der Waals surface area contributed by atoms with E-state index in [0.717, 1.165) is 6.42 Å². The lowest BCUT2D eigenvalue weighted by Gasteiger charge is -2.03. The Morgan fingerprint density at radius 3 is 2.62 bits per heavy atom. The Bertz CT molecular complexity index is 351. The molecule has 0 aliphatic heterocycles. The lowest BCUT2D eigenvalue weighted by atomic mass is 10.5. The van der Waals surface area contributed by atoms with Crippen LogP contribution in [0, 0.1) is 0 Å². The number of rotatable bonds is 5. The molecular formula is C9H15N5OS. The minimum absolute atomic E-state index is 0.0450. The number of amides is 1. The summed E-state index contributed by atoms with van der Waals surface area (Å²) >= 11 is 1.21. The third kappa shape index (κ3) is 4.35. The standard InChI is InChI=1S/C9H15N5OS/c1-2-3-12-8(15)5-16-9-13-6(10)4-7(11)14-9/h4H,2-3,5H2,1H3,(H,12,15)(H4,10,11,13,14). The monoisotopic (exact) mass is 241 g/mol. The van der Waals surface area contributed by atoms with Gasteiger partial charge in [-0.05, 0) is 6.42 Å². The van der Waals surface area contributed by atoms with Gasteiger partial charge in [0.25, 0.3) is 0 Å². The maximum Gasteiger partial charge on any atom is 0.230 e. The minimum Gasteiger partial charge on any atom is -0.383 e. The molecule has 0 bridgehead atoms. The second-order valence-corrected chi connectivity index (χ2v) is 4.08. The molecule has 7 heteroatoms. The summed E-state index contributed by atoms with van der Waals surface area (Å²) in [7, 11) is 0. The molecule has 1 heterocycles. The number of hydrogen-bond donors (Lipinski definition) is 3. The second kappa shape index (κ2) is 6.16. The van der Waals surface area contributed by atoms with Crippen LogP contribution < -0.4 is 16.8 Å². The van der Waals surface area contributed by atoms with E-state index in [4.69, 9.17) is 11.5 Å². The molecule has 0 aliphatic carbocycles. The Balaban J connectivity index is 2.45. The van der Waals surface area contributed by atoms with Crippen LogP contribution in [0.1, 0.15) is 13.3 Å². The highest BCUT2D eigenvalue weighted by Gasteiger charge is 2.05. The van der Waals surface area contributed by atoms with Gasteiger partial charge in [0.15, 0.2) is 5.16 Å². The lowest BCUT2D eigenvalue weighted by molar-refractivity contribution is -0.118. The van der Waals surface area contributed by atoms with Crippen molar-refractivity contribution < 1.29 is 4.79 Å². The largest absolute Gasteiger partial charge is 0.383 e. The third-order valence-corrected chi connectivity index (χ3v) is 2.50. The predicted molar refractivity (Wildman–Crippen MR) is 64.9 cm³/mol. The molecule has 1 rings (SSSR count). The van der Waals surface area contributed by atoms with E-state index in [1.807, 2.05) is 6.92 Å². The highest BCUT2D eigenvalue weighted by molar-refractivity contribution is 7.99. The Labute approximate surface area is 98.2 Å². The van der Waals surface area contributed by atoms with Gasteiger partial charge in [0.05, 0.1) is 5.75 Å². The number of nitrogens with zero attached hydrogens (tertiary/aromatic N) is 2. The summed E-state index contributed by atoms with van der Waals surface area (Å²) in [5.41, 5.74) is 11.0. The van der Waals surface area contributed by atoms with E-state index in [-0.39, 0.29) is 11.7 Å². The molecule has 0 saturated carbocycles. The molecule has 6 nitrogen and oxygen atoms in total. The summed E-state index contributed by atoms with van der Waals surface area (Å²) in [6, 6.07) is 1.47. The fraction of sp³-hybridized carbons (Fsp3) is 0.444. The topological polar surface area (TPSA) is 107 Å². The zero-order valence-corrected chi connectivity index (χ0v) is 9.88. The first-order chi connectivity index (χ1) is 7.61. The SMILES string of the molecule is CCCNC(=O)CSc1nc(N)cc(N)n1. The van der Waals surface area contributed by atoms with E-state index in [1.54, 1.807) is 0 Å². The molecule has 1 aromatic rings. The van der Waals surface area contributed by atoms with Gasteiger partial charge in [0.1, 0.15) is 11.6 Å². The Morgan fingerprint density at radius 2 is 2.06 bits per heavy atom. The van der Waals surface area contributed by atoms with E-state index in [1.165, 1.54) is 17.8 Å². The molecule has 0 aromatic carbocycles. The zero-order valence-electron chi connectivity index (χ0n) is 9.06. The van der Waals surface area contributed by atoms with Gasteiger partial charge in [-0.2, -0.15) is 0 Å². The van der Waals surface area contributed by atoms with Gasteiger partial charge in [-0.1, -0.05) is 18.7 Å². The van der Waals surface area contributed by atoms with Crippen molar-refractivity contribution in [1.29, 1.82) is 0 Å². The van der Waals surface area contributed by atoms with Gasteiger partial charge in [-0.15, -0.1) is 0 Å². The average Bonchev–Trinajstić information content (AvgIpc) is 2.22. The van der Waals surface area contributed by atoms with Crippen LogP contribution >= 0.6 is 11.8 Å². The molecule has 16 heavy (non-hydrogen) atoms. The number of nitrogens with two attached hydrogens (primary N) is 2. The number of aromatic nitrogens is 2. The van der Waals surface area contributed by atoms with Crippen molar-refractivity contribution in [3.05, 3.63) is 6.07 Å². The smallest absolute Gasteiger partial charge is 0.230 e. The van der Waals surface area contributed by atoms with Crippen LogP contribution in [0.25, 0.3) is 0 Å². The average molecular weight is 241 g/mol. The molecule has 0 spiro atoms. The molecular weight excluding hydrogens is 226 g/mol. The van der Waals surface area contributed by atoms with E-state index >= 15 is 0 Å². The van der Waals surface area contributed by atoms with Gasteiger partial charge in [-0.25, -0.2) is 9.97 Å². The normalized spacial score (nSPS) is 10.1. The first-order valence-electron chi connectivity index (χ1n) is 4.91. The van der Waals surface area contributed by atoms with E-state index in [9.17, 15) is 4.79 Å². The summed E-state index contributed by atoms with van der Waals surface area (Å²) in [6.45, 7) is 2.68. The number of nitrogen functional groups attached to an aromatic ring is 2. The van der Waals surface area contributed by atoms with E-state index < -0.39 is 0 Å². The summed E-state index contributed by atoms with van der Waals surface area (Å²) < 4.78 is 0. The van der Waals surface area contributed by atoms with Crippen molar-refractivity contribution in [2.75, 3.05) is 23.8 Å². The van der Waals surface area contributed by atoms with Crippen molar-refractivity contribution in [2.24, 2.45) is 0 Å².